The molecular weight excluding hydrogens is 418 g/mol. The van der Waals surface area contributed by atoms with Crippen molar-refractivity contribution in [3.8, 4) is 0 Å². The highest BCUT2D eigenvalue weighted by atomic mass is 32.1. The fraction of sp³-hybridized carbons (Fsp3) is 0.286. The number of amides is 1. The first-order valence-corrected chi connectivity index (χ1v) is 10.6. The van der Waals surface area contributed by atoms with Gasteiger partial charge in [-0.05, 0) is 36.4 Å². The lowest BCUT2D eigenvalue weighted by Crippen LogP contribution is -2.29. The fourth-order valence-corrected chi connectivity index (χ4v) is 4.24. The zero-order valence-corrected chi connectivity index (χ0v) is 18.1. The Hall–Kier alpha value is -3.53. The van der Waals surface area contributed by atoms with Gasteiger partial charge in [0.25, 0.3) is 5.56 Å². The summed E-state index contributed by atoms with van der Waals surface area (Å²) in [5.74, 6) is -0.210. The number of nitrogens with one attached hydrogen (secondary N) is 1. The molecule has 9 nitrogen and oxygen atoms in total. The van der Waals surface area contributed by atoms with Gasteiger partial charge in [0, 0.05) is 17.8 Å². The van der Waals surface area contributed by atoms with Crippen LogP contribution in [0.15, 0.2) is 45.3 Å². The van der Waals surface area contributed by atoms with E-state index in [-0.39, 0.29) is 29.6 Å². The number of benzene rings is 1. The van der Waals surface area contributed by atoms with Gasteiger partial charge in [-0.25, -0.2) is 13.9 Å². The van der Waals surface area contributed by atoms with Gasteiger partial charge in [0.1, 0.15) is 11.2 Å². The number of carbonyl (C=O) groups excluding carboxylic acids is 2. The summed E-state index contributed by atoms with van der Waals surface area (Å²) in [6.07, 6.45) is 0. The second-order valence-electron chi connectivity index (χ2n) is 7.71. The first-order valence-electron chi connectivity index (χ1n) is 9.76. The van der Waals surface area contributed by atoms with Crippen molar-refractivity contribution < 1.29 is 9.59 Å². The fourth-order valence-electron chi connectivity index (χ4n) is 3.42. The van der Waals surface area contributed by atoms with Gasteiger partial charge in [-0.3, -0.25) is 19.0 Å². The molecule has 0 atom stereocenters. The molecule has 0 unspecified atom stereocenters. The Balaban J connectivity index is 1.73. The van der Waals surface area contributed by atoms with E-state index < -0.39 is 11.6 Å². The molecule has 3 aromatic heterocycles. The van der Waals surface area contributed by atoms with Crippen LogP contribution in [0.1, 0.15) is 31.1 Å². The minimum atomic E-state index is -0.497. The molecule has 0 aliphatic rings. The number of rotatable bonds is 6. The average molecular weight is 439 g/mol. The average Bonchev–Trinajstić information content (AvgIpc) is 3.30. The van der Waals surface area contributed by atoms with Gasteiger partial charge in [-0.2, -0.15) is 0 Å². The monoisotopic (exact) mass is 439 g/mol. The molecule has 0 spiro atoms. The molecule has 1 aromatic carbocycles. The Bertz CT molecular complexity index is 1440. The molecular formula is C21H21N5O4S. The summed E-state index contributed by atoms with van der Waals surface area (Å²) in [4.78, 5) is 50.1. The van der Waals surface area contributed by atoms with Crippen molar-refractivity contribution >= 4 is 44.7 Å². The highest BCUT2D eigenvalue weighted by molar-refractivity contribution is 7.17. The SMILES string of the molecule is CC(=O)c1cccc(NC(=O)Cn2nc3n(CC(C)C)c(=O)c4sccc4n3c2=O)c1. The molecule has 3 heterocycles. The lowest BCUT2D eigenvalue weighted by molar-refractivity contribution is -0.117. The zero-order valence-electron chi connectivity index (χ0n) is 17.3. The maximum atomic E-state index is 13.0. The van der Waals surface area contributed by atoms with Crippen LogP contribution in [0, 0.1) is 5.92 Å². The van der Waals surface area contributed by atoms with Gasteiger partial charge in [0.15, 0.2) is 5.78 Å². The van der Waals surface area contributed by atoms with Crippen LogP contribution in [0.2, 0.25) is 0 Å². The Labute approximate surface area is 180 Å². The molecule has 0 aliphatic heterocycles. The van der Waals surface area contributed by atoms with Crippen LogP contribution in [-0.2, 0) is 17.9 Å². The predicted molar refractivity (Wildman–Crippen MR) is 119 cm³/mol. The standard InChI is InChI=1S/C21H21N5O4S/c1-12(2)10-24-19(29)18-16(7-8-31-18)26-20(24)23-25(21(26)30)11-17(28)22-15-6-4-5-14(9-15)13(3)27/h4-9,12H,10-11H2,1-3H3,(H,22,28). The minimum absolute atomic E-state index is 0.115. The second kappa shape index (κ2) is 7.95. The third-order valence-electron chi connectivity index (χ3n) is 4.78. The van der Waals surface area contributed by atoms with E-state index in [0.717, 1.165) is 4.68 Å². The van der Waals surface area contributed by atoms with E-state index in [2.05, 4.69) is 10.4 Å². The van der Waals surface area contributed by atoms with Crippen molar-refractivity contribution in [1.82, 2.24) is 18.7 Å². The smallest absolute Gasteiger partial charge is 0.324 e. The summed E-state index contributed by atoms with van der Waals surface area (Å²) in [6.45, 7) is 5.46. The highest BCUT2D eigenvalue weighted by Gasteiger charge is 2.20. The molecule has 160 valence electrons. The van der Waals surface area contributed by atoms with E-state index in [4.69, 9.17) is 0 Å². The third kappa shape index (κ3) is 3.81. The number of aromatic nitrogens is 4. The van der Waals surface area contributed by atoms with Crippen LogP contribution in [-0.4, -0.2) is 30.4 Å². The van der Waals surface area contributed by atoms with Crippen molar-refractivity contribution in [3.63, 3.8) is 0 Å². The summed E-state index contributed by atoms with van der Waals surface area (Å²) in [7, 11) is 0. The van der Waals surface area contributed by atoms with Gasteiger partial charge in [-0.15, -0.1) is 16.4 Å². The largest absolute Gasteiger partial charge is 0.352 e. The number of anilines is 1. The Morgan fingerprint density at radius 2 is 1.97 bits per heavy atom. The topological polar surface area (TPSA) is 107 Å². The lowest BCUT2D eigenvalue weighted by atomic mass is 10.1. The van der Waals surface area contributed by atoms with Crippen LogP contribution < -0.4 is 16.6 Å². The van der Waals surface area contributed by atoms with E-state index in [9.17, 15) is 19.2 Å². The van der Waals surface area contributed by atoms with Gasteiger partial charge in [0.2, 0.25) is 11.7 Å². The van der Waals surface area contributed by atoms with Crippen LogP contribution in [0.4, 0.5) is 5.69 Å². The van der Waals surface area contributed by atoms with Crippen molar-refractivity contribution in [3.05, 3.63) is 62.1 Å². The molecule has 1 N–H and O–H groups in total. The second-order valence-corrected chi connectivity index (χ2v) is 8.62. The number of Topliss-reactive ketones (excluding diaryl/α,β-unsaturated/α-hetero) is 1. The summed E-state index contributed by atoms with van der Waals surface area (Å²) < 4.78 is 4.38. The summed E-state index contributed by atoms with van der Waals surface area (Å²) in [6, 6.07) is 8.26. The third-order valence-corrected chi connectivity index (χ3v) is 5.67. The highest BCUT2D eigenvalue weighted by Crippen LogP contribution is 2.18. The van der Waals surface area contributed by atoms with Gasteiger partial charge >= 0.3 is 5.69 Å². The number of ketones is 1. The van der Waals surface area contributed by atoms with E-state index in [1.165, 1.54) is 27.2 Å². The van der Waals surface area contributed by atoms with Gasteiger partial charge in [-0.1, -0.05) is 26.0 Å². The van der Waals surface area contributed by atoms with E-state index in [1.807, 2.05) is 13.8 Å². The molecule has 0 saturated carbocycles. The lowest BCUT2D eigenvalue weighted by Gasteiger charge is -2.09. The predicted octanol–water partition coefficient (Wildman–Crippen LogP) is 2.37. The van der Waals surface area contributed by atoms with Crippen LogP contribution in [0.3, 0.4) is 0 Å². The first-order chi connectivity index (χ1) is 14.8. The molecule has 1 amide bonds. The van der Waals surface area contributed by atoms with Crippen molar-refractivity contribution in [2.45, 2.75) is 33.9 Å². The number of fused-ring (bicyclic) bond motifs is 3. The summed E-state index contributed by atoms with van der Waals surface area (Å²) in [5.41, 5.74) is 0.708. The summed E-state index contributed by atoms with van der Waals surface area (Å²) in [5, 5.41) is 8.74. The van der Waals surface area contributed by atoms with Crippen molar-refractivity contribution in [1.29, 1.82) is 0 Å². The Kier molecular flexibility index (Phi) is 5.32. The molecule has 0 saturated heterocycles. The molecule has 0 bridgehead atoms. The number of carbonyl (C=O) groups is 2. The molecule has 4 aromatic rings. The molecule has 0 fully saturated rings. The van der Waals surface area contributed by atoms with E-state index >= 15 is 0 Å². The summed E-state index contributed by atoms with van der Waals surface area (Å²) >= 11 is 1.27. The molecule has 4 rings (SSSR count). The zero-order chi connectivity index (χ0) is 22.3. The van der Waals surface area contributed by atoms with Crippen LogP contribution in [0.5, 0.6) is 0 Å². The number of hydrogen-bond donors (Lipinski definition) is 1. The molecule has 0 aliphatic carbocycles. The quantitative estimate of drug-likeness (QED) is 0.464. The van der Waals surface area contributed by atoms with E-state index in [1.54, 1.807) is 35.7 Å². The molecule has 10 heteroatoms. The Morgan fingerprint density at radius 1 is 1.19 bits per heavy atom. The van der Waals surface area contributed by atoms with Crippen LogP contribution >= 0.6 is 11.3 Å². The Morgan fingerprint density at radius 3 is 2.68 bits per heavy atom. The first kappa shape index (κ1) is 20.7. The van der Waals surface area contributed by atoms with E-state index in [0.29, 0.717) is 28.0 Å². The molecule has 0 radical (unpaired) electrons. The number of nitrogens with zero attached hydrogens (tertiary/aromatic N) is 4. The minimum Gasteiger partial charge on any atom is -0.324 e. The van der Waals surface area contributed by atoms with Gasteiger partial charge in [0.05, 0.1) is 5.52 Å². The van der Waals surface area contributed by atoms with Crippen molar-refractivity contribution in [2.75, 3.05) is 5.32 Å². The van der Waals surface area contributed by atoms with Crippen LogP contribution in [0.25, 0.3) is 16.0 Å². The molecule has 31 heavy (non-hydrogen) atoms. The van der Waals surface area contributed by atoms with Crippen molar-refractivity contribution in [2.24, 2.45) is 5.92 Å². The maximum Gasteiger partial charge on any atom is 0.352 e. The van der Waals surface area contributed by atoms with Gasteiger partial charge < -0.3 is 5.32 Å². The maximum absolute atomic E-state index is 13.0. The number of thiophene rings is 1. The number of hydrogen-bond acceptors (Lipinski definition) is 6. The normalized spacial score (nSPS) is 11.5.